The van der Waals surface area contributed by atoms with E-state index in [1.807, 2.05) is 0 Å². The Hall–Kier alpha value is -1.63. The van der Waals surface area contributed by atoms with Crippen LogP contribution < -0.4 is 10.6 Å². The maximum atomic E-state index is 5.22. The molecule has 2 saturated heterocycles. The molecule has 0 amide bonds. The third-order valence-electron chi connectivity index (χ3n) is 6.50. The molecule has 0 radical (unpaired) electrons. The van der Waals surface area contributed by atoms with E-state index in [0.29, 0.717) is 6.04 Å². The average Bonchev–Trinajstić information content (AvgIpc) is 3.07. The van der Waals surface area contributed by atoms with Gasteiger partial charge in [0.05, 0.1) is 13.2 Å². The number of nitrogens with zero attached hydrogens (tertiary/aromatic N) is 3. The molecule has 0 spiro atoms. The number of rotatable bonds is 9. The van der Waals surface area contributed by atoms with Crippen molar-refractivity contribution < 1.29 is 4.74 Å². The van der Waals surface area contributed by atoms with Crippen LogP contribution in [-0.2, 0) is 17.8 Å². The Morgan fingerprint density at radius 1 is 1.00 bits per heavy atom. The summed E-state index contributed by atoms with van der Waals surface area (Å²) < 4.78 is 5.22. The smallest absolute Gasteiger partial charge is 0.191 e. The molecule has 0 bridgehead atoms. The molecule has 6 heteroatoms. The number of nitrogens with one attached hydrogen (secondary N) is 2. The lowest BCUT2D eigenvalue weighted by molar-refractivity contribution is 0.128. The minimum atomic E-state index is 0.490. The van der Waals surface area contributed by atoms with Gasteiger partial charge >= 0.3 is 0 Å². The van der Waals surface area contributed by atoms with Gasteiger partial charge in [-0.2, -0.15) is 0 Å². The summed E-state index contributed by atoms with van der Waals surface area (Å²) >= 11 is 0. The summed E-state index contributed by atoms with van der Waals surface area (Å²) in [7, 11) is 1.78. The molecule has 3 rings (SSSR count). The van der Waals surface area contributed by atoms with Crippen LogP contribution in [0.2, 0.25) is 0 Å². The number of methoxy groups -OCH3 is 1. The van der Waals surface area contributed by atoms with E-state index < -0.39 is 0 Å². The second kappa shape index (κ2) is 13.7. The first-order valence-corrected chi connectivity index (χ1v) is 12.3. The van der Waals surface area contributed by atoms with E-state index in [9.17, 15) is 0 Å². The molecule has 0 saturated carbocycles. The van der Waals surface area contributed by atoms with Crippen molar-refractivity contribution in [3.8, 4) is 0 Å². The number of hydrogen-bond donors (Lipinski definition) is 2. The minimum absolute atomic E-state index is 0.490. The molecule has 2 N–H and O–H groups in total. The lowest BCUT2D eigenvalue weighted by Gasteiger charge is -2.32. The van der Waals surface area contributed by atoms with E-state index in [0.717, 1.165) is 64.7 Å². The number of likely N-dealkylation sites (tertiary alicyclic amines) is 2. The van der Waals surface area contributed by atoms with E-state index in [4.69, 9.17) is 9.73 Å². The largest absolute Gasteiger partial charge is 0.383 e. The Morgan fingerprint density at radius 3 is 2.39 bits per heavy atom. The first kappa shape index (κ1) is 24.0. The van der Waals surface area contributed by atoms with Crippen molar-refractivity contribution in [1.29, 1.82) is 0 Å². The predicted octanol–water partition coefficient (Wildman–Crippen LogP) is 3.23. The third-order valence-corrected chi connectivity index (χ3v) is 6.50. The number of hydrogen-bond acceptors (Lipinski definition) is 4. The van der Waals surface area contributed by atoms with Gasteiger partial charge < -0.3 is 20.3 Å². The summed E-state index contributed by atoms with van der Waals surface area (Å²) in [4.78, 5) is 10.1. The fraction of sp³-hybridized carbons (Fsp3) is 0.720. The number of guanidine groups is 1. The molecular formula is C25H43N5O. The highest BCUT2D eigenvalue weighted by Crippen LogP contribution is 2.17. The van der Waals surface area contributed by atoms with Crippen LogP contribution in [0.15, 0.2) is 29.3 Å². The van der Waals surface area contributed by atoms with Gasteiger partial charge in [-0.15, -0.1) is 0 Å². The van der Waals surface area contributed by atoms with Gasteiger partial charge in [0.15, 0.2) is 5.96 Å². The second-order valence-corrected chi connectivity index (χ2v) is 8.91. The molecule has 2 heterocycles. The maximum absolute atomic E-state index is 5.22. The molecule has 0 aliphatic carbocycles. The molecule has 0 aromatic heterocycles. The highest BCUT2D eigenvalue weighted by atomic mass is 16.5. The Labute approximate surface area is 189 Å². The van der Waals surface area contributed by atoms with Crippen molar-refractivity contribution in [1.82, 2.24) is 20.4 Å². The van der Waals surface area contributed by atoms with Gasteiger partial charge in [-0.1, -0.05) is 37.1 Å². The van der Waals surface area contributed by atoms with Crippen LogP contribution in [-0.4, -0.2) is 74.8 Å². The van der Waals surface area contributed by atoms with Crippen molar-refractivity contribution in [2.45, 2.75) is 64.6 Å². The molecule has 1 aromatic rings. The molecule has 0 unspecified atom stereocenters. The molecule has 31 heavy (non-hydrogen) atoms. The molecule has 2 aliphatic rings. The molecule has 2 aliphatic heterocycles. The van der Waals surface area contributed by atoms with E-state index in [1.165, 1.54) is 49.9 Å². The Bertz CT molecular complexity index is 649. The van der Waals surface area contributed by atoms with Crippen LogP contribution in [0.1, 0.15) is 56.6 Å². The average molecular weight is 430 g/mol. The van der Waals surface area contributed by atoms with Gasteiger partial charge in [0.1, 0.15) is 0 Å². The van der Waals surface area contributed by atoms with Gasteiger partial charge in [0.25, 0.3) is 0 Å². The fourth-order valence-electron chi connectivity index (χ4n) is 4.60. The summed E-state index contributed by atoms with van der Waals surface area (Å²) in [6.07, 6.45) is 7.73. The van der Waals surface area contributed by atoms with E-state index in [-0.39, 0.29) is 0 Å². The standard InChI is InChI=1S/C25H43N5O/c1-3-26-25(28-24-12-16-29(17-13-24)18-19-31-2)27-20-22-10-6-7-11-23(22)21-30-14-8-4-5-9-15-30/h6-7,10-11,24H,3-5,8-9,12-21H2,1-2H3,(H2,26,27,28). The number of benzene rings is 1. The Morgan fingerprint density at radius 2 is 1.71 bits per heavy atom. The van der Waals surface area contributed by atoms with Gasteiger partial charge in [0, 0.05) is 45.9 Å². The molecule has 2 fully saturated rings. The summed E-state index contributed by atoms with van der Waals surface area (Å²) in [5.41, 5.74) is 2.77. The predicted molar refractivity (Wildman–Crippen MR) is 129 cm³/mol. The van der Waals surface area contributed by atoms with Crippen molar-refractivity contribution in [2.24, 2.45) is 4.99 Å². The zero-order valence-electron chi connectivity index (χ0n) is 19.7. The first-order chi connectivity index (χ1) is 15.3. The molecule has 174 valence electrons. The number of aliphatic imine (C=N–C) groups is 1. The lowest BCUT2D eigenvalue weighted by Crippen LogP contribution is -2.49. The van der Waals surface area contributed by atoms with Gasteiger partial charge in [-0.25, -0.2) is 4.99 Å². The molecule has 6 nitrogen and oxygen atoms in total. The van der Waals surface area contributed by atoms with Crippen molar-refractivity contribution in [3.05, 3.63) is 35.4 Å². The summed E-state index contributed by atoms with van der Waals surface area (Å²) in [5, 5.41) is 7.13. The van der Waals surface area contributed by atoms with Gasteiger partial charge in [-0.3, -0.25) is 4.90 Å². The second-order valence-electron chi connectivity index (χ2n) is 8.91. The fourth-order valence-corrected chi connectivity index (χ4v) is 4.60. The van der Waals surface area contributed by atoms with Crippen LogP contribution in [0.3, 0.4) is 0 Å². The molecular weight excluding hydrogens is 386 g/mol. The highest BCUT2D eigenvalue weighted by Gasteiger charge is 2.19. The Balaban J connectivity index is 1.55. The van der Waals surface area contributed by atoms with Crippen molar-refractivity contribution in [2.75, 3.05) is 53.0 Å². The van der Waals surface area contributed by atoms with Crippen LogP contribution in [0.5, 0.6) is 0 Å². The van der Waals surface area contributed by atoms with Gasteiger partial charge in [-0.05, 0) is 56.8 Å². The van der Waals surface area contributed by atoms with E-state index in [1.54, 1.807) is 7.11 Å². The monoisotopic (exact) mass is 429 g/mol. The highest BCUT2D eigenvalue weighted by molar-refractivity contribution is 5.80. The van der Waals surface area contributed by atoms with Crippen molar-refractivity contribution >= 4 is 5.96 Å². The van der Waals surface area contributed by atoms with Crippen LogP contribution in [0.25, 0.3) is 0 Å². The normalized spacial score (nSPS) is 19.9. The Kier molecular flexibility index (Phi) is 10.6. The van der Waals surface area contributed by atoms with E-state index in [2.05, 4.69) is 51.6 Å². The maximum Gasteiger partial charge on any atom is 0.191 e. The van der Waals surface area contributed by atoms with Crippen LogP contribution >= 0.6 is 0 Å². The third kappa shape index (κ3) is 8.43. The molecule has 0 atom stereocenters. The van der Waals surface area contributed by atoms with E-state index >= 15 is 0 Å². The van der Waals surface area contributed by atoms with Crippen LogP contribution in [0, 0.1) is 0 Å². The van der Waals surface area contributed by atoms with Gasteiger partial charge in [0.2, 0.25) is 0 Å². The summed E-state index contributed by atoms with van der Waals surface area (Å²) in [6.45, 7) is 11.4. The van der Waals surface area contributed by atoms with Crippen molar-refractivity contribution in [3.63, 3.8) is 0 Å². The minimum Gasteiger partial charge on any atom is -0.383 e. The lowest BCUT2D eigenvalue weighted by atomic mass is 10.1. The first-order valence-electron chi connectivity index (χ1n) is 12.3. The summed E-state index contributed by atoms with van der Waals surface area (Å²) in [6, 6.07) is 9.33. The quantitative estimate of drug-likeness (QED) is 0.466. The SMILES string of the molecule is CCNC(=NCc1ccccc1CN1CCCCCC1)NC1CCN(CCOC)CC1. The summed E-state index contributed by atoms with van der Waals surface area (Å²) in [5.74, 6) is 0.947. The topological polar surface area (TPSA) is 52.1 Å². The molecule has 1 aromatic carbocycles. The zero-order chi connectivity index (χ0) is 21.7. The van der Waals surface area contributed by atoms with Crippen LogP contribution in [0.4, 0.5) is 0 Å². The number of piperidine rings is 1. The zero-order valence-corrected chi connectivity index (χ0v) is 19.7. The number of ether oxygens (including phenoxy) is 1.